The highest BCUT2D eigenvalue weighted by molar-refractivity contribution is 7.13. The Morgan fingerprint density at radius 1 is 1.17 bits per heavy atom. The fourth-order valence-electron chi connectivity index (χ4n) is 1.99. The third-order valence-corrected chi connectivity index (χ3v) is 3.94. The number of hydrogen-bond donors (Lipinski definition) is 2. The fourth-order valence-corrected chi connectivity index (χ4v) is 2.58. The summed E-state index contributed by atoms with van der Waals surface area (Å²) in [5.41, 5.74) is 0.950. The van der Waals surface area contributed by atoms with Gasteiger partial charge in [-0.15, -0.1) is 10.2 Å². The summed E-state index contributed by atoms with van der Waals surface area (Å²) in [4.78, 5) is 24.2. The molecule has 122 valence electrons. The normalized spacial score (nSPS) is 10.4. The molecule has 0 spiro atoms. The molecule has 2 aromatic heterocycles. The van der Waals surface area contributed by atoms with Crippen LogP contribution in [0.3, 0.4) is 0 Å². The maximum Gasteiger partial charge on any atom is 0.286 e. The molecule has 0 saturated heterocycles. The van der Waals surface area contributed by atoms with Gasteiger partial charge in [0, 0.05) is 11.3 Å². The molecule has 7 nitrogen and oxygen atoms in total. The maximum atomic E-state index is 12.2. The van der Waals surface area contributed by atoms with Crippen LogP contribution in [0.4, 0.5) is 5.69 Å². The number of rotatable bonds is 5. The molecule has 0 aliphatic carbocycles. The molecule has 3 aromatic rings. The van der Waals surface area contributed by atoms with Gasteiger partial charge in [-0.05, 0) is 37.3 Å². The number of aromatic nitrogens is 2. The lowest BCUT2D eigenvalue weighted by molar-refractivity contribution is 0.0946. The first kappa shape index (κ1) is 15.9. The molecule has 0 saturated carbocycles. The number of hydrogen-bond acceptors (Lipinski definition) is 6. The minimum atomic E-state index is -0.353. The van der Waals surface area contributed by atoms with E-state index >= 15 is 0 Å². The van der Waals surface area contributed by atoms with Gasteiger partial charge in [-0.1, -0.05) is 17.4 Å². The van der Waals surface area contributed by atoms with E-state index in [0.717, 1.165) is 0 Å². The van der Waals surface area contributed by atoms with E-state index in [0.29, 0.717) is 28.6 Å². The zero-order chi connectivity index (χ0) is 16.9. The van der Waals surface area contributed by atoms with Gasteiger partial charge in [-0.3, -0.25) is 9.59 Å². The number of aryl methyl sites for hydroxylation is 1. The second-order valence-electron chi connectivity index (χ2n) is 4.92. The molecule has 1 aromatic carbocycles. The molecule has 2 N–H and O–H groups in total. The van der Waals surface area contributed by atoms with Crippen molar-refractivity contribution in [3.63, 3.8) is 0 Å². The Bertz CT molecular complexity index is 858. The van der Waals surface area contributed by atoms with Crippen LogP contribution in [0.1, 0.15) is 30.9 Å². The van der Waals surface area contributed by atoms with E-state index in [2.05, 4.69) is 20.8 Å². The van der Waals surface area contributed by atoms with Crippen LogP contribution >= 0.6 is 11.3 Å². The molecule has 2 heterocycles. The highest BCUT2D eigenvalue weighted by Crippen LogP contribution is 2.14. The average molecular weight is 342 g/mol. The highest BCUT2D eigenvalue weighted by Gasteiger charge is 2.13. The first-order valence-electron chi connectivity index (χ1n) is 7.14. The molecule has 8 heteroatoms. The average Bonchev–Trinajstić information content (AvgIpc) is 3.24. The molecular formula is C16H14N4O3S. The van der Waals surface area contributed by atoms with Gasteiger partial charge in [0.15, 0.2) is 0 Å². The molecule has 0 radical (unpaired) electrons. The number of benzene rings is 1. The number of nitrogens with zero attached hydrogens (tertiary/aromatic N) is 2. The topological polar surface area (TPSA) is 97.1 Å². The van der Waals surface area contributed by atoms with Crippen LogP contribution in [-0.4, -0.2) is 22.0 Å². The molecule has 3 rings (SSSR count). The standard InChI is InChI=1S/C16H14N4O3S/c1-10-19-20-16(24-10)15(22)18-12-5-2-4-11(8-12)14(21)17-9-13-6-3-7-23-13/h2-8H,9H2,1H3,(H,17,21)(H,18,22). The van der Waals surface area contributed by atoms with Crippen molar-refractivity contribution in [2.75, 3.05) is 5.32 Å². The van der Waals surface area contributed by atoms with Crippen molar-refractivity contribution in [2.24, 2.45) is 0 Å². The van der Waals surface area contributed by atoms with Gasteiger partial charge in [0.05, 0.1) is 12.8 Å². The van der Waals surface area contributed by atoms with Gasteiger partial charge in [0.25, 0.3) is 11.8 Å². The monoisotopic (exact) mass is 342 g/mol. The number of anilines is 1. The van der Waals surface area contributed by atoms with Crippen LogP contribution in [0.5, 0.6) is 0 Å². The van der Waals surface area contributed by atoms with Gasteiger partial charge in [-0.2, -0.15) is 0 Å². The molecule has 0 bridgehead atoms. The van der Waals surface area contributed by atoms with Gasteiger partial charge < -0.3 is 15.1 Å². The van der Waals surface area contributed by atoms with E-state index in [1.54, 1.807) is 49.6 Å². The summed E-state index contributed by atoms with van der Waals surface area (Å²) >= 11 is 1.21. The molecular weight excluding hydrogens is 328 g/mol. The largest absolute Gasteiger partial charge is 0.467 e. The van der Waals surface area contributed by atoms with Gasteiger partial charge in [0.2, 0.25) is 5.01 Å². The third-order valence-electron chi connectivity index (χ3n) is 3.11. The van der Waals surface area contributed by atoms with Gasteiger partial charge in [-0.25, -0.2) is 0 Å². The van der Waals surface area contributed by atoms with Crippen LogP contribution in [-0.2, 0) is 6.54 Å². The molecule has 0 unspecified atom stereocenters. The van der Waals surface area contributed by atoms with Crippen LogP contribution in [0.15, 0.2) is 47.1 Å². The number of furan rings is 1. The van der Waals surface area contributed by atoms with Crippen LogP contribution in [0.25, 0.3) is 0 Å². The predicted molar refractivity (Wildman–Crippen MR) is 88.9 cm³/mol. The lowest BCUT2D eigenvalue weighted by Gasteiger charge is -2.06. The van der Waals surface area contributed by atoms with E-state index in [1.807, 2.05) is 0 Å². The molecule has 0 aliphatic heterocycles. The quantitative estimate of drug-likeness (QED) is 0.743. The Morgan fingerprint density at radius 2 is 2.04 bits per heavy atom. The molecule has 2 amide bonds. The number of carbonyl (C=O) groups excluding carboxylic acids is 2. The smallest absolute Gasteiger partial charge is 0.286 e. The summed E-state index contributed by atoms with van der Waals surface area (Å²) < 4.78 is 5.16. The summed E-state index contributed by atoms with van der Waals surface area (Å²) in [5.74, 6) is 0.0578. The van der Waals surface area contributed by atoms with Crippen molar-refractivity contribution in [3.8, 4) is 0 Å². The Kier molecular flexibility index (Phi) is 4.66. The van der Waals surface area contributed by atoms with Crippen molar-refractivity contribution < 1.29 is 14.0 Å². The van der Waals surface area contributed by atoms with Crippen molar-refractivity contribution in [2.45, 2.75) is 13.5 Å². The zero-order valence-electron chi connectivity index (χ0n) is 12.8. The van der Waals surface area contributed by atoms with Crippen LogP contribution in [0, 0.1) is 6.92 Å². The van der Waals surface area contributed by atoms with E-state index < -0.39 is 0 Å². The van der Waals surface area contributed by atoms with Gasteiger partial charge >= 0.3 is 0 Å². The summed E-state index contributed by atoms with van der Waals surface area (Å²) in [6, 6.07) is 10.2. The fraction of sp³-hybridized carbons (Fsp3) is 0.125. The van der Waals surface area contributed by atoms with E-state index in [-0.39, 0.29) is 16.8 Å². The van der Waals surface area contributed by atoms with Crippen molar-refractivity contribution >= 4 is 28.8 Å². The van der Waals surface area contributed by atoms with Crippen LogP contribution in [0.2, 0.25) is 0 Å². The summed E-state index contributed by atoms with van der Waals surface area (Å²) in [5, 5.41) is 14.1. The molecule has 0 fully saturated rings. The number of amides is 2. The summed E-state index contributed by atoms with van der Waals surface area (Å²) in [6.45, 7) is 2.07. The minimum Gasteiger partial charge on any atom is -0.467 e. The Labute approximate surface area is 141 Å². The second kappa shape index (κ2) is 7.05. The van der Waals surface area contributed by atoms with E-state index in [4.69, 9.17) is 4.42 Å². The number of carbonyl (C=O) groups is 2. The van der Waals surface area contributed by atoms with Crippen LogP contribution < -0.4 is 10.6 Å². The summed E-state index contributed by atoms with van der Waals surface area (Å²) in [7, 11) is 0. The molecule has 0 aliphatic rings. The van der Waals surface area contributed by atoms with Crippen molar-refractivity contribution in [1.29, 1.82) is 0 Å². The molecule has 0 atom stereocenters. The molecule has 24 heavy (non-hydrogen) atoms. The lowest BCUT2D eigenvalue weighted by atomic mass is 10.2. The second-order valence-corrected chi connectivity index (χ2v) is 6.10. The SMILES string of the molecule is Cc1nnc(C(=O)Nc2cccc(C(=O)NCc3ccco3)c2)s1. The Hall–Kier alpha value is -3.00. The predicted octanol–water partition coefficient (Wildman–Crippen LogP) is 2.62. The summed E-state index contributed by atoms with van der Waals surface area (Å²) in [6.07, 6.45) is 1.55. The van der Waals surface area contributed by atoms with E-state index in [9.17, 15) is 9.59 Å². The maximum absolute atomic E-state index is 12.2. The van der Waals surface area contributed by atoms with Gasteiger partial charge in [0.1, 0.15) is 10.8 Å². The first-order valence-corrected chi connectivity index (χ1v) is 7.95. The van der Waals surface area contributed by atoms with E-state index in [1.165, 1.54) is 11.3 Å². The minimum absolute atomic E-state index is 0.255. The Morgan fingerprint density at radius 3 is 2.75 bits per heavy atom. The highest BCUT2D eigenvalue weighted by atomic mass is 32.1. The van der Waals surface area contributed by atoms with Crippen molar-refractivity contribution in [3.05, 3.63) is 64.0 Å². The zero-order valence-corrected chi connectivity index (χ0v) is 13.6. The lowest BCUT2D eigenvalue weighted by Crippen LogP contribution is -2.22. The third kappa shape index (κ3) is 3.85. The first-order chi connectivity index (χ1) is 11.6. The van der Waals surface area contributed by atoms with Crippen molar-refractivity contribution in [1.82, 2.24) is 15.5 Å². The Balaban J connectivity index is 1.65. The number of nitrogens with one attached hydrogen (secondary N) is 2.